The lowest BCUT2D eigenvalue weighted by Crippen LogP contribution is -2.49. The summed E-state index contributed by atoms with van der Waals surface area (Å²) in [5.74, 6) is 0. The second kappa shape index (κ2) is 6.55. The number of nitrogens with zero attached hydrogens (tertiary/aromatic N) is 1. The molecule has 1 aromatic rings. The number of rotatable bonds is 4. The van der Waals surface area contributed by atoms with Gasteiger partial charge in [0.15, 0.2) is 20.7 Å². The Morgan fingerprint density at radius 1 is 1.42 bits per heavy atom. The Hall–Kier alpha value is -1.29. The van der Waals surface area contributed by atoms with Gasteiger partial charge in [0.05, 0.1) is 6.61 Å². The number of halogens is 1. The Bertz CT molecular complexity index is 696. The first kappa shape index (κ1) is 19.0. The highest BCUT2D eigenvalue weighted by Crippen LogP contribution is 2.41. The topological polar surface area (TPSA) is 93.5 Å². The molecule has 0 amide bonds. The number of alkyl halides is 1. The van der Waals surface area contributed by atoms with Crippen molar-refractivity contribution in [3.8, 4) is 0 Å². The summed E-state index contributed by atoms with van der Waals surface area (Å²) in [6.45, 7) is 9.62. The minimum atomic E-state index is -2.30. The molecule has 0 radical (unpaired) electrons. The first-order valence-corrected chi connectivity index (χ1v) is 10.8. The van der Waals surface area contributed by atoms with Gasteiger partial charge in [-0.15, -0.1) is 0 Å². The maximum atomic E-state index is 15.0. The molecule has 0 aromatic carbocycles. The van der Waals surface area contributed by atoms with Gasteiger partial charge >= 0.3 is 5.69 Å². The van der Waals surface area contributed by atoms with E-state index in [1.165, 1.54) is 6.20 Å². The highest BCUT2D eigenvalue weighted by Gasteiger charge is 2.51. The molecule has 0 saturated carbocycles. The number of aromatic amines is 1. The van der Waals surface area contributed by atoms with E-state index in [0.717, 1.165) is 10.6 Å². The smallest absolute Gasteiger partial charge is 0.330 e. The van der Waals surface area contributed by atoms with Crippen LogP contribution in [0.3, 0.4) is 0 Å². The predicted octanol–water partition coefficient (Wildman–Crippen LogP) is 1.15. The molecule has 1 saturated heterocycles. The molecule has 2 rings (SSSR count). The average molecular weight is 360 g/mol. The molecule has 2 N–H and O–H groups in total. The molecular weight excluding hydrogens is 335 g/mol. The zero-order valence-electron chi connectivity index (χ0n) is 14.6. The largest absolute Gasteiger partial charge is 0.408 e. The molecule has 1 fully saturated rings. The number of aromatic nitrogens is 2. The molecule has 1 aromatic heterocycles. The van der Waals surface area contributed by atoms with Crippen molar-refractivity contribution in [2.24, 2.45) is 0 Å². The summed E-state index contributed by atoms with van der Waals surface area (Å²) in [6, 6.07) is 1.12. The molecule has 9 heteroatoms. The minimum absolute atomic E-state index is 0.139. The molecule has 0 spiro atoms. The van der Waals surface area contributed by atoms with E-state index in [-0.39, 0.29) is 5.04 Å². The Morgan fingerprint density at radius 2 is 2.04 bits per heavy atom. The van der Waals surface area contributed by atoms with Crippen molar-refractivity contribution in [3.05, 3.63) is 33.1 Å². The quantitative estimate of drug-likeness (QED) is 0.786. The van der Waals surface area contributed by atoms with E-state index < -0.39 is 50.8 Å². The van der Waals surface area contributed by atoms with Crippen molar-refractivity contribution < 1.29 is 18.7 Å². The average Bonchev–Trinajstić information content (AvgIpc) is 2.74. The van der Waals surface area contributed by atoms with Crippen molar-refractivity contribution in [1.29, 1.82) is 0 Å². The number of ether oxygens (including phenoxy) is 1. The molecule has 0 aliphatic carbocycles. The minimum Gasteiger partial charge on any atom is -0.408 e. The van der Waals surface area contributed by atoms with Crippen LogP contribution >= 0.6 is 0 Å². The van der Waals surface area contributed by atoms with Crippen LogP contribution in [0.15, 0.2) is 21.9 Å². The zero-order valence-corrected chi connectivity index (χ0v) is 15.6. The summed E-state index contributed by atoms with van der Waals surface area (Å²) >= 11 is 0. The lowest BCUT2D eigenvalue weighted by molar-refractivity contribution is -0.0479. The van der Waals surface area contributed by atoms with Gasteiger partial charge in [-0.3, -0.25) is 14.3 Å². The predicted molar refractivity (Wildman–Crippen MR) is 89.3 cm³/mol. The van der Waals surface area contributed by atoms with Gasteiger partial charge in [-0.2, -0.15) is 0 Å². The van der Waals surface area contributed by atoms with E-state index in [1.807, 2.05) is 33.9 Å². The number of aliphatic hydroxyl groups excluding tert-OH is 1. The molecule has 24 heavy (non-hydrogen) atoms. The maximum absolute atomic E-state index is 15.0. The standard InChI is InChI=1S/C15H25FN2O5Si/c1-15(2,3)24(4,5)23-12-9(8-19)22-13(11(12)16)18-7-6-10(20)17-14(18)21/h6-7,9,11-13,19H,8H2,1-5H3,(H,17,20,21)/t9-,11-,12-,13?/m1/s1. The van der Waals surface area contributed by atoms with Crippen molar-refractivity contribution in [2.45, 2.75) is 63.5 Å². The summed E-state index contributed by atoms with van der Waals surface area (Å²) < 4.78 is 27.6. The normalized spacial score (nSPS) is 28.3. The maximum Gasteiger partial charge on any atom is 0.330 e. The van der Waals surface area contributed by atoms with E-state index in [2.05, 4.69) is 4.98 Å². The molecule has 1 aliphatic rings. The molecular formula is C15H25FN2O5Si. The first-order chi connectivity index (χ1) is 11.0. The SMILES string of the molecule is CC(C)(C)[Si](C)(C)O[C@@H]1[C@@H](CO)OC(n2ccc(=O)[nH]c2=O)[C@@H]1F. The van der Waals surface area contributed by atoms with Gasteiger partial charge in [0, 0.05) is 12.3 Å². The van der Waals surface area contributed by atoms with E-state index in [4.69, 9.17) is 9.16 Å². The fourth-order valence-electron chi connectivity index (χ4n) is 2.35. The van der Waals surface area contributed by atoms with Gasteiger partial charge in [-0.05, 0) is 18.1 Å². The van der Waals surface area contributed by atoms with Crippen LogP contribution in [0.1, 0.15) is 27.0 Å². The van der Waals surface area contributed by atoms with Gasteiger partial charge in [-0.25, -0.2) is 9.18 Å². The summed E-state index contributed by atoms with van der Waals surface area (Å²) in [5.41, 5.74) is -1.34. The number of hydrogen-bond donors (Lipinski definition) is 2. The van der Waals surface area contributed by atoms with E-state index >= 15 is 0 Å². The van der Waals surface area contributed by atoms with E-state index in [9.17, 15) is 19.1 Å². The van der Waals surface area contributed by atoms with Gasteiger partial charge in [0.2, 0.25) is 0 Å². The Kier molecular flexibility index (Phi) is 5.19. The van der Waals surface area contributed by atoms with Crippen LogP contribution in [0.2, 0.25) is 18.1 Å². The first-order valence-electron chi connectivity index (χ1n) is 7.87. The molecule has 0 bridgehead atoms. The number of hydrogen-bond acceptors (Lipinski definition) is 5. The highest BCUT2D eigenvalue weighted by atomic mass is 28.4. The van der Waals surface area contributed by atoms with Crippen LogP contribution in [-0.4, -0.2) is 48.0 Å². The summed E-state index contributed by atoms with van der Waals surface area (Å²) in [6.07, 6.45) is -3.56. The van der Waals surface area contributed by atoms with Gasteiger partial charge in [0.1, 0.15) is 12.2 Å². The molecule has 1 unspecified atom stereocenters. The third-order valence-corrected chi connectivity index (χ3v) is 9.28. The van der Waals surface area contributed by atoms with E-state index in [1.54, 1.807) is 0 Å². The monoisotopic (exact) mass is 360 g/mol. The molecule has 7 nitrogen and oxygen atoms in total. The second-order valence-electron chi connectivity index (χ2n) is 7.55. The molecule has 136 valence electrons. The van der Waals surface area contributed by atoms with Crippen molar-refractivity contribution >= 4 is 8.32 Å². The molecule has 1 aliphatic heterocycles. The lowest BCUT2D eigenvalue weighted by Gasteiger charge is -2.39. The van der Waals surface area contributed by atoms with Crippen LogP contribution in [0, 0.1) is 0 Å². The Morgan fingerprint density at radius 3 is 2.54 bits per heavy atom. The zero-order chi connectivity index (χ0) is 18.3. The van der Waals surface area contributed by atoms with Crippen LogP contribution in [0.5, 0.6) is 0 Å². The van der Waals surface area contributed by atoms with Crippen molar-refractivity contribution in [3.63, 3.8) is 0 Å². The number of aliphatic hydroxyl groups is 1. The fourth-order valence-corrected chi connectivity index (χ4v) is 3.67. The van der Waals surface area contributed by atoms with Crippen molar-refractivity contribution in [1.82, 2.24) is 9.55 Å². The third-order valence-electron chi connectivity index (χ3n) is 4.81. The Balaban J connectivity index is 2.31. The summed E-state index contributed by atoms with van der Waals surface area (Å²) in [7, 11) is -2.30. The van der Waals surface area contributed by atoms with Crippen LogP contribution < -0.4 is 11.2 Å². The number of nitrogens with one attached hydrogen (secondary N) is 1. The Labute approximate surface area is 140 Å². The van der Waals surface area contributed by atoms with Gasteiger partial charge < -0.3 is 14.3 Å². The summed E-state index contributed by atoms with van der Waals surface area (Å²) in [5, 5.41) is 9.39. The van der Waals surface area contributed by atoms with Crippen LogP contribution in [-0.2, 0) is 9.16 Å². The van der Waals surface area contributed by atoms with E-state index in [0.29, 0.717) is 0 Å². The highest BCUT2D eigenvalue weighted by molar-refractivity contribution is 6.74. The second-order valence-corrected chi connectivity index (χ2v) is 12.3. The molecule has 4 atom stereocenters. The molecule has 2 heterocycles. The number of H-pyrrole nitrogens is 1. The summed E-state index contributed by atoms with van der Waals surface area (Å²) in [4.78, 5) is 25.1. The third kappa shape index (κ3) is 3.53. The lowest BCUT2D eigenvalue weighted by atomic mass is 10.1. The van der Waals surface area contributed by atoms with Gasteiger partial charge in [-0.1, -0.05) is 20.8 Å². The van der Waals surface area contributed by atoms with Crippen molar-refractivity contribution in [2.75, 3.05) is 6.61 Å². The van der Waals surface area contributed by atoms with Crippen LogP contribution in [0.25, 0.3) is 0 Å². The van der Waals surface area contributed by atoms with Gasteiger partial charge in [0.25, 0.3) is 5.56 Å². The fraction of sp³-hybridized carbons (Fsp3) is 0.733. The van der Waals surface area contributed by atoms with Crippen LogP contribution in [0.4, 0.5) is 4.39 Å².